The molecule has 1 saturated heterocycles. The van der Waals surface area contributed by atoms with Crippen LogP contribution in [0.5, 0.6) is 0 Å². The highest BCUT2D eigenvalue weighted by molar-refractivity contribution is 7.17. The smallest absolute Gasteiger partial charge is 0.417 e. The number of amides is 2. The Labute approximate surface area is 186 Å². The van der Waals surface area contributed by atoms with Gasteiger partial charge in [0, 0.05) is 25.4 Å². The summed E-state index contributed by atoms with van der Waals surface area (Å²) in [6.07, 6.45) is -7.39. The second-order valence-electron chi connectivity index (χ2n) is 8.58. The van der Waals surface area contributed by atoms with Gasteiger partial charge in [0.1, 0.15) is 17.3 Å². The average molecular weight is 475 g/mol. The molecule has 0 unspecified atom stereocenters. The topological polar surface area (TPSA) is 112 Å². The van der Waals surface area contributed by atoms with E-state index in [-0.39, 0.29) is 35.3 Å². The average Bonchev–Trinajstić information content (AvgIpc) is 3.10. The molecule has 1 aliphatic heterocycles. The van der Waals surface area contributed by atoms with E-state index in [0.29, 0.717) is 6.07 Å². The van der Waals surface area contributed by atoms with Gasteiger partial charge >= 0.3 is 12.3 Å². The lowest BCUT2D eigenvalue weighted by Crippen LogP contribution is -2.56. The van der Waals surface area contributed by atoms with Crippen molar-refractivity contribution in [3.8, 4) is 0 Å². The molecule has 0 saturated carbocycles. The summed E-state index contributed by atoms with van der Waals surface area (Å²) in [4.78, 5) is 29.7. The number of carbonyl (C=O) groups is 2. The van der Waals surface area contributed by atoms with E-state index >= 15 is 0 Å². The molecule has 0 bridgehead atoms. The maximum Gasteiger partial charge on any atom is 0.417 e. The number of aliphatic hydroxyl groups excluding tert-OH is 1. The molecule has 12 heteroatoms. The standard InChI is InChI=1S/C20H24F3N3O5S/c1-18(2,3)31-17(29)26-6-5-19(30,13(27)8-26)12-7-11(20(21,22)23)15-14(25-12)10(9-32-15)16(28)24-4/h7,9,13,27,30H,5-6,8H2,1-4H3,(H,24,28)/t13-,19-/m0/s1. The van der Waals surface area contributed by atoms with Crippen LogP contribution >= 0.6 is 11.3 Å². The molecule has 0 spiro atoms. The number of halogens is 3. The van der Waals surface area contributed by atoms with Crippen LogP contribution in [0.4, 0.5) is 18.0 Å². The third-order valence-electron chi connectivity index (χ3n) is 5.10. The van der Waals surface area contributed by atoms with E-state index in [0.717, 1.165) is 11.3 Å². The van der Waals surface area contributed by atoms with Crippen LogP contribution < -0.4 is 5.32 Å². The van der Waals surface area contributed by atoms with Crippen LogP contribution in [0.3, 0.4) is 0 Å². The SMILES string of the molecule is CNC(=O)c1csc2c(C(F)(F)F)cc([C@@]3(O)CCN(C(=O)OC(C)(C)C)C[C@@H]3O)nc12. The van der Waals surface area contributed by atoms with Gasteiger partial charge < -0.3 is 25.2 Å². The molecule has 0 radical (unpaired) electrons. The zero-order valence-electron chi connectivity index (χ0n) is 17.9. The van der Waals surface area contributed by atoms with Gasteiger partial charge in [-0.3, -0.25) is 4.79 Å². The monoisotopic (exact) mass is 475 g/mol. The number of fused-ring (bicyclic) bond motifs is 1. The predicted molar refractivity (Wildman–Crippen MR) is 110 cm³/mol. The van der Waals surface area contributed by atoms with Gasteiger partial charge in [-0.15, -0.1) is 11.3 Å². The van der Waals surface area contributed by atoms with Crippen LogP contribution in [0.15, 0.2) is 11.4 Å². The highest BCUT2D eigenvalue weighted by Gasteiger charge is 2.47. The van der Waals surface area contributed by atoms with Gasteiger partial charge in [-0.05, 0) is 26.8 Å². The third kappa shape index (κ3) is 4.52. The van der Waals surface area contributed by atoms with Gasteiger partial charge in [0.2, 0.25) is 0 Å². The van der Waals surface area contributed by atoms with E-state index in [1.54, 1.807) is 20.8 Å². The number of alkyl halides is 3. The summed E-state index contributed by atoms with van der Waals surface area (Å²) >= 11 is 0.719. The lowest BCUT2D eigenvalue weighted by atomic mass is 9.84. The molecule has 32 heavy (non-hydrogen) atoms. The molecule has 0 aromatic carbocycles. The summed E-state index contributed by atoms with van der Waals surface area (Å²) in [7, 11) is 1.34. The predicted octanol–water partition coefficient (Wildman–Crippen LogP) is 2.86. The van der Waals surface area contributed by atoms with Crippen LogP contribution in [0, 0.1) is 0 Å². The number of hydrogen-bond acceptors (Lipinski definition) is 7. The zero-order valence-corrected chi connectivity index (χ0v) is 18.7. The molecule has 3 heterocycles. The number of likely N-dealkylation sites (tertiary alicyclic amines) is 1. The van der Waals surface area contributed by atoms with E-state index in [1.807, 2.05) is 0 Å². The number of carbonyl (C=O) groups excluding carboxylic acids is 2. The van der Waals surface area contributed by atoms with Crippen molar-refractivity contribution in [3.63, 3.8) is 0 Å². The molecule has 3 N–H and O–H groups in total. The molecule has 2 aromatic rings. The molecule has 1 fully saturated rings. The van der Waals surface area contributed by atoms with E-state index < -0.39 is 46.7 Å². The van der Waals surface area contributed by atoms with E-state index in [4.69, 9.17) is 4.74 Å². The second kappa shape index (κ2) is 8.16. The van der Waals surface area contributed by atoms with Crippen molar-refractivity contribution in [2.75, 3.05) is 20.1 Å². The molecule has 2 atom stereocenters. The molecule has 1 aliphatic rings. The van der Waals surface area contributed by atoms with E-state index in [2.05, 4.69) is 10.3 Å². The Morgan fingerprint density at radius 1 is 1.34 bits per heavy atom. The Hall–Kier alpha value is -2.44. The maximum absolute atomic E-state index is 13.8. The molecule has 2 amide bonds. The number of pyridine rings is 1. The van der Waals surface area contributed by atoms with E-state index in [9.17, 15) is 33.0 Å². The maximum atomic E-state index is 13.8. The Morgan fingerprint density at radius 3 is 2.53 bits per heavy atom. The minimum absolute atomic E-state index is 0.0656. The summed E-state index contributed by atoms with van der Waals surface area (Å²) in [5.74, 6) is -0.624. The number of β-amino-alcohol motifs (C(OH)–C–C–N with tert-alkyl or cyclic N) is 1. The highest BCUT2D eigenvalue weighted by Crippen LogP contribution is 2.42. The van der Waals surface area contributed by atoms with Crippen molar-refractivity contribution in [3.05, 3.63) is 28.3 Å². The van der Waals surface area contributed by atoms with Crippen molar-refractivity contribution in [2.24, 2.45) is 0 Å². The van der Waals surface area contributed by atoms with Crippen LogP contribution in [0.25, 0.3) is 10.2 Å². The van der Waals surface area contributed by atoms with Gasteiger partial charge in [0.25, 0.3) is 5.91 Å². The fraction of sp³-hybridized carbons (Fsp3) is 0.550. The van der Waals surface area contributed by atoms with Crippen molar-refractivity contribution in [1.82, 2.24) is 15.2 Å². The number of aliphatic hydroxyl groups is 2. The van der Waals surface area contributed by atoms with Crippen LogP contribution in [-0.2, 0) is 16.5 Å². The first-order valence-corrected chi connectivity index (χ1v) is 10.7. The van der Waals surface area contributed by atoms with Crippen LogP contribution in [-0.4, -0.2) is 63.9 Å². The molecule has 2 aromatic heterocycles. The Balaban J connectivity index is 2.03. The Bertz CT molecular complexity index is 1050. The zero-order chi connectivity index (χ0) is 24.1. The minimum Gasteiger partial charge on any atom is -0.444 e. The number of aromatic nitrogens is 1. The molecule has 176 valence electrons. The van der Waals surface area contributed by atoms with Gasteiger partial charge in [0.05, 0.1) is 33.6 Å². The van der Waals surface area contributed by atoms with Crippen LogP contribution in [0.2, 0.25) is 0 Å². The second-order valence-corrected chi connectivity index (χ2v) is 9.46. The number of hydrogen-bond donors (Lipinski definition) is 3. The van der Waals surface area contributed by atoms with E-state index in [1.165, 1.54) is 17.3 Å². The Morgan fingerprint density at radius 2 is 2.00 bits per heavy atom. The fourth-order valence-electron chi connectivity index (χ4n) is 3.45. The van der Waals surface area contributed by atoms with Crippen molar-refractivity contribution in [1.29, 1.82) is 0 Å². The molecular formula is C20H24F3N3O5S. The quantitative estimate of drug-likeness (QED) is 0.616. The summed E-state index contributed by atoms with van der Waals surface area (Å²) < 4.78 is 46.3. The summed E-state index contributed by atoms with van der Waals surface area (Å²) in [5, 5.41) is 25.4. The van der Waals surface area contributed by atoms with Crippen molar-refractivity contribution in [2.45, 2.75) is 50.7 Å². The van der Waals surface area contributed by atoms with Gasteiger partial charge in [-0.2, -0.15) is 13.2 Å². The number of rotatable bonds is 2. The summed E-state index contributed by atoms with van der Waals surface area (Å²) in [6.45, 7) is 4.58. The molecule has 3 rings (SSSR count). The number of nitrogens with one attached hydrogen (secondary N) is 1. The third-order valence-corrected chi connectivity index (χ3v) is 6.11. The highest BCUT2D eigenvalue weighted by atomic mass is 32.1. The largest absolute Gasteiger partial charge is 0.444 e. The number of ether oxygens (including phenoxy) is 1. The van der Waals surface area contributed by atoms with Gasteiger partial charge in [-0.1, -0.05) is 0 Å². The molecule has 8 nitrogen and oxygen atoms in total. The minimum atomic E-state index is -4.78. The summed E-state index contributed by atoms with van der Waals surface area (Å²) in [5.41, 5.74) is -4.70. The van der Waals surface area contributed by atoms with Gasteiger partial charge in [-0.25, -0.2) is 9.78 Å². The molecular weight excluding hydrogens is 451 g/mol. The first-order valence-electron chi connectivity index (χ1n) is 9.77. The fourth-order valence-corrected chi connectivity index (χ4v) is 4.47. The first-order chi connectivity index (χ1) is 14.7. The molecule has 0 aliphatic carbocycles. The van der Waals surface area contributed by atoms with Gasteiger partial charge in [0.15, 0.2) is 0 Å². The van der Waals surface area contributed by atoms with Crippen LogP contribution in [0.1, 0.15) is 48.8 Å². The number of nitrogens with zero attached hydrogens (tertiary/aromatic N) is 2. The lowest BCUT2D eigenvalue weighted by molar-refractivity contribution is -0.138. The van der Waals surface area contributed by atoms with Crippen molar-refractivity contribution >= 4 is 33.6 Å². The van der Waals surface area contributed by atoms with Crippen molar-refractivity contribution < 1.29 is 37.7 Å². The lowest BCUT2D eigenvalue weighted by Gasteiger charge is -2.42. The number of thiophene rings is 1. The normalized spacial score (nSPS) is 22.2. The number of piperidine rings is 1. The Kier molecular flexibility index (Phi) is 6.17. The summed E-state index contributed by atoms with van der Waals surface area (Å²) in [6, 6.07) is 0.693. The first kappa shape index (κ1) is 24.2.